The van der Waals surface area contributed by atoms with Gasteiger partial charge >= 0.3 is 0 Å². The summed E-state index contributed by atoms with van der Waals surface area (Å²) in [6.45, 7) is 4.98. The third-order valence-corrected chi connectivity index (χ3v) is 5.83. The van der Waals surface area contributed by atoms with Crippen molar-refractivity contribution in [3.8, 4) is 0 Å². The summed E-state index contributed by atoms with van der Waals surface area (Å²) in [6, 6.07) is 3.85. The molecule has 2 saturated heterocycles. The van der Waals surface area contributed by atoms with E-state index in [1.165, 1.54) is 11.8 Å². The van der Waals surface area contributed by atoms with Gasteiger partial charge in [0.15, 0.2) is 10.2 Å². The van der Waals surface area contributed by atoms with Gasteiger partial charge in [-0.2, -0.15) is 0 Å². The summed E-state index contributed by atoms with van der Waals surface area (Å²) >= 11 is 1.46. The van der Waals surface area contributed by atoms with Crippen LogP contribution in [0.3, 0.4) is 0 Å². The third-order valence-electron chi connectivity index (χ3n) is 4.85. The van der Waals surface area contributed by atoms with Crippen molar-refractivity contribution in [2.45, 2.75) is 35.7 Å². The number of aryl methyl sites for hydroxylation is 1. The normalized spacial score (nSPS) is 21.4. The Morgan fingerprint density at radius 3 is 2.96 bits per heavy atom. The second-order valence-electron chi connectivity index (χ2n) is 6.82. The maximum absolute atomic E-state index is 12.6. The molecule has 26 heavy (non-hydrogen) atoms. The first-order chi connectivity index (χ1) is 12.7. The molecule has 0 aliphatic carbocycles. The molecule has 1 unspecified atom stereocenters. The number of likely N-dealkylation sites (tertiary alicyclic amines) is 1. The minimum Gasteiger partial charge on any atom is -0.453 e. The van der Waals surface area contributed by atoms with Gasteiger partial charge in [-0.3, -0.25) is 9.69 Å². The van der Waals surface area contributed by atoms with Crippen LogP contribution in [0.5, 0.6) is 0 Å². The zero-order valence-corrected chi connectivity index (χ0v) is 15.7. The van der Waals surface area contributed by atoms with Crippen LogP contribution in [0.2, 0.25) is 0 Å². The minimum absolute atomic E-state index is 0.107. The first kappa shape index (κ1) is 17.6. The Bertz CT molecular complexity index is 754. The molecule has 0 radical (unpaired) electrons. The molecule has 2 aromatic rings. The van der Waals surface area contributed by atoms with Crippen LogP contribution in [-0.2, 0) is 18.4 Å². The van der Waals surface area contributed by atoms with Gasteiger partial charge in [-0.15, -0.1) is 10.2 Å². The minimum atomic E-state index is -0.107. The number of hydrogen-bond donors (Lipinski definition) is 1. The number of hydrogen-bond acceptors (Lipinski definition) is 7. The van der Waals surface area contributed by atoms with Crippen LogP contribution in [-0.4, -0.2) is 69.2 Å². The molecule has 4 heterocycles. The van der Waals surface area contributed by atoms with Gasteiger partial charge in [0.2, 0.25) is 5.91 Å². The summed E-state index contributed by atoms with van der Waals surface area (Å²) in [5.41, 5.74) is 0. The van der Waals surface area contributed by atoms with E-state index in [1.54, 1.807) is 6.33 Å². The van der Waals surface area contributed by atoms with Crippen LogP contribution < -0.4 is 5.32 Å². The zero-order chi connectivity index (χ0) is 17.9. The lowest BCUT2D eigenvalue weighted by atomic mass is 10.2. The maximum atomic E-state index is 12.6. The average molecular weight is 376 g/mol. The zero-order valence-electron chi connectivity index (χ0n) is 14.9. The quantitative estimate of drug-likeness (QED) is 0.832. The Kier molecular flexibility index (Phi) is 5.28. The molecular weight excluding hydrogens is 352 g/mol. The third kappa shape index (κ3) is 3.94. The van der Waals surface area contributed by atoms with Crippen LogP contribution >= 0.6 is 11.8 Å². The Labute approximate surface area is 156 Å². The molecule has 1 atom stereocenters. The molecule has 0 bridgehead atoms. The highest BCUT2D eigenvalue weighted by Crippen LogP contribution is 2.27. The molecule has 2 aromatic heterocycles. The van der Waals surface area contributed by atoms with Crippen LogP contribution in [0.1, 0.15) is 18.6 Å². The Morgan fingerprint density at radius 2 is 2.19 bits per heavy atom. The van der Waals surface area contributed by atoms with E-state index in [9.17, 15) is 4.79 Å². The number of amides is 1. The molecule has 8 nitrogen and oxygen atoms in total. The number of furan rings is 1. The maximum Gasteiger partial charge on any atom is 0.241 e. The molecule has 0 spiro atoms. The van der Waals surface area contributed by atoms with E-state index in [4.69, 9.17) is 4.42 Å². The second kappa shape index (κ2) is 7.81. The van der Waals surface area contributed by atoms with Crippen molar-refractivity contribution < 1.29 is 9.21 Å². The molecule has 2 aliphatic rings. The largest absolute Gasteiger partial charge is 0.453 e. The molecule has 0 aromatic carbocycles. The molecule has 4 rings (SSSR count). The van der Waals surface area contributed by atoms with Gasteiger partial charge in [-0.05, 0) is 36.7 Å². The van der Waals surface area contributed by atoms with Crippen molar-refractivity contribution in [1.29, 1.82) is 0 Å². The summed E-state index contributed by atoms with van der Waals surface area (Å²) in [5.74, 6) is 1.15. The number of piperazine rings is 1. The summed E-state index contributed by atoms with van der Waals surface area (Å²) < 4.78 is 7.79. The number of aromatic nitrogens is 3. The van der Waals surface area contributed by atoms with E-state index in [-0.39, 0.29) is 11.9 Å². The first-order valence-electron chi connectivity index (χ1n) is 9.04. The van der Waals surface area contributed by atoms with Crippen molar-refractivity contribution in [3.05, 3.63) is 24.2 Å². The van der Waals surface area contributed by atoms with Crippen LogP contribution in [0.4, 0.5) is 0 Å². The van der Waals surface area contributed by atoms with Crippen molar-refractivity contribution in [2.24, 2.45) is 7.05 Å². The summed E-state index contributed by atoms with van der Waals surface area (Å²) in [7, 11) is 1.91. The highest BCUT2D eigenvalue weighted by Gasteiger charge is 2.30. The molecule has 2 fully saturated rings. The summed E-state index contributed by atoms with van der Waals surface area (Å²) in [5, 5.41) is 12.9. The number of carbonyl (C=O) groups is 1. The topological polar surface area (TPSA) is 79.4 Å². The van der Waals surface area contributed by atoms with E-state index >= 15 is 0 Å². The van der Waals surface area contributed by atoms with Crippen molar-refractivity contribution in [1.82, 2.24) is 29.9 Å². The van der Waals surface area contributed by atoms with Crippen LogP contribution in [0, 0.1) is 0 Å². The van der Waals surface area contributed by atoms with Crippen molar-refractivity contribution in [2.75, 3.05) is 32.7 Å². The van der Waals surface area contributed by atoms with Gasteiger partial charge < -0.3 is 19.2 Å². The molecule has 9 heteroatoms. The molecular formula is C17H24N6O2S. The standard InChI is InChI=1S/C17H24N6O2S/c1-21-12-19-20-17(21)26-15-5-4-13(25-15)10-22-9-6-18-14(11-22)16(24)23-7-2-3-8-23/h4-5,12,14,18H,2-3,6-11H2,1H3. The average Bonchev–Trinajstić information content (AvgIpc) is 3.39. The van der Waals surface area contributed by atoms with E-state index in [1.807, 2.05) is 28.6 Å². The monoisotopic (exact) mass is 376 g/mol. The van der Waals surface area contributed by atoms with Crippen molar-refractivity contribution >= 4 is 17.7 Å². The number of carbonyl (C=O) groups excluding carboxylic acids is 1. The fraction of sp³-hybridized carbons (Fsp3) is 0.588. The molecule has 1 N–H and O–H groups in total. The lowest BCUT2D eigenvalue weighted by molar-refractivity contribution is -0.133. The van der Waals surface area contributed by atoms with Gasteiger partial charge in [-0.1, -0.05) is 0 Å². The fourth-order valence-electron chi connectivity index (χ4n) is 3.45. The second-order valence-corrected chi connectivity index (χ2v) is 7.79. The van der Waals surface area contributed by atoms with Gasteiger partial charge in [0.1, 0.15) is 12.1 Å². The summed E-state index contributed by atoms with van der Waals surface area (Å²) in [6.07, 6.45) is 3.92. The van der Waals surface area contributed by atoms with Crippen LogP contribution in [0.15, 0.2) is 33.1 Å². The number of nitrogens with zero attached hydrogens (tertiary/aromatic N) is 5. The predicted molar refractivity (Wildman–Crippen MR) is 96.7 cm³/mol. The SMILES string of the molecule is Cn1cnnc1Sc1ccc(CN2CCNC(C(=O)N3CCCC3)C2)o1. The molecule has 140 valence electrons. The molecule has 0 saturated carbocycles. The highest BCUT2D eigenvalue weighted by molar-refractivity contribution is 7.99. The van der Waals surface area contributed by atoms with Gasteiger partial charge in [-0.25, -0.2) is 0 Å². The van der Waals surface area contributed by atoms with Gasteiger partial charge in [0, 0.05) is 39.8 Å². The number of rotatable bonds is 5. The highest BCUT2D eigenvalue weighted by atomic mass is 32.2. The first-order valence-corrected chi connectivity index (χ1v) is 9.86. The Morgan fingerprint density at radius 1 is 1.35 bits per heavy atom. The fourth-order valence-corrected chi connectivity index (χ4v) is 4.20. The van der Waals surface area contributed by atoms with E-state index in [0.717, 1.165) is 61.6 Å². The van der Waals surface area contributed by atoms with Gasteiger partial charge in [0.05, 0.1) is 12.6 Å². The lowest BCUT2D eigenvalue weighted by Gasteiger charge is -2.34. The van der Waals surface area contributed by atoms with Gasteiger partial charge in [0.25, 0.3) is 0 Å². The Balaban J connectivity index is 1.33. The van der Waals surface area contributed by atoms with E-state index < -0.39 is 0 Å². The predicted octanol–water partition coefficient (Wildman–Crippen LogP) is 0.955. The van der Waals surface area contributed by atoms with Crippen molar-refractivity contribution in [3.63, 3.8) is 0 Å². The molecule has 2 aliphatic heterocycles. The van der Waals surface area contributed by atoms with E-state index in [2.05, 4.69) is 20.4 Å². The van der Waals surface area contributed by atoms with Crippen LogP contribution in [0.25, 0.3) is 0 Å². The summed E-state index contributed by atoms with van der Waals surface area (Å²) in [4.78, 5) is 16.9. The Hall–Kier alpha value is -1.84. The molecule has 1 amide bonds. The smallest absolute Gasteiger partial charge is 0.241 e. The van der Waals surface area contributed by atoms with E-state index in [0.29, 0.717) is 6.54 Å². The number of nitrogens with one attached hydrogen (secondary N) is 1. The lowest BCUT2D eigenvalue weighted by Crippen LogP contribution is -2.57.